The molecule has 1 N–H and O–H groups in total. The molecule has 0 spiro atoms. The van der Waals surface area contributed by atoms with Crippen LogP contribution in [-0.2, 0) is 35.0 Å². The van der Waals surface area contributed by atoms with Gasteiger partial charge < -0.3 is 43.2 Å². The van der Waals surface area contributed by atoms with Crippen LogP contribution in [0.25, 0.3) is 0 Å². The van der Waals surface area contributed by atoms with Gasteiger partial charge >= 0.3 is 5.97 Å². The van der Waals surface area contributed by atoms with Crippen molar-refractivity contribution in [2.45, 2.75) is 32.1 Å². The van der Waals surface area contributed by atoms with Gasteiger partial charge in [0, 0.05) is 57.8 Å². The third kappa shape index (κ3) is 8.56. The maximum Gasteiger partial charge on any atom is 0.337 e. The van der Waals surface area contributed by atoms with Crippen molar-refractivity contribution in [3.05, 3.63) is 71.0 Å². The van der Waals surface area contributed by atoms with Crippen molar-refractivity contribution >= 4 is 11.9 Å². The first-order valence-corrected chi connectivity index (χ1v) is 15.9. The number of carbonyl (C=O) groups is 2. The lowest BCUT2D eigenvalue weighted by molar-refractivity contribution is -0.172. The normalized spacial score (nSPS) is 21.1. The summed E-state index contributed by atoms with van der Waals surface area (Å²) in [6.07, 6.45) is 1.82. The minimum Gasteiger partial charge on any atom is -0.465 e. The summed E-state index contributed by atoms with van der Waals surface area (Å²) < 4.78 is 39.3. The fourth-order valence-electron chi connectivity index (χ4n) is 5.94. The smallest absolute Gasteiger partial charge is 0.337 e. The van der Waals surface area contributed by atoms with Gasteiger partial charge in [-0.05, 0) is 54.8 Å². The van der Waals surface area contributed by atoms with E-state index in [9.17, 15) is 9.59 Å². The molecule has 0 aliphatic carbocycles. The van der Waals surface area contributed by atoms with Gasteiger partial charge in [-0.25, -0.2) is 4.79 Å². The van der Waals surface area contributed by atoms with E-state index in [2.05, 4.69) is 4.90 Å². The fraction of sp³-hybridized carbons (Fsp3) is 0.529. The Hall–Kier alpha value is -3.68. The second-order valence-electron chi connectivity index (χ2n) is 11.3. The van der Waals surface area contributed by atoms with E-state index in [4.69, 9.17) is 38.3 Å². The number of carbonyl (C=O) groups excluding carboxylic acids is 2. The summed E-state index contributed by atoms with van der Waals surface area (Å²) in [7, 11) is 1.35. The summed E-state index contributed by atoms with van der Waals surface area (Å²) in [6.45, 7) is 7.34. The van der Waals surface area contributed by atoms with Crippen LogP contribution >= 0.6 is 0 Å². The zero-order valence-corrected chi connectivity index (χ0v) is 26.6. The predicted octanol–water partition coefficient (Wildman–Crippen LogP) is 2.94. The summed E-state index contributed by atoms with van der Waals surface area (Å²) in [4.78, 5) is 30.1. The zero-order chi connectivity index (χ0) is 32.3. The number of rotatable bonds is 15. The first-order valence-electron chi connectivity index (χ1n) is 15.9. The van der Waals surface area contributed by atoms with Crippen molar-refractivity contribution < 1.29 is 47.9 Å². The average Bonchev–Trinajstić information content (AvgIpc) is 3.56. The summed E-state index contributed by atoms with van der Waals surface area (Å²) in [5, 5.41) is 8.89. The SMILES string of the molecule is CCO[C@H]1OC(C(=O)N2CCN(Cc3ccc4c(c3)OCO4)CC2)=C[C@@H](c2ccc(C(=O)OC)cc2)[C@H]1CCOCCOCCO. The van der Waals surface area contributed by atoms with Crippen LogP contribution in [0.5, 0.6) is 11.5 Å². The first kappa shape index (κ1) is 33.7. The van der Waals surface area contributed by atoms with Crippen molar-refractivity contribution in [3.63, 3.8) is 0 Å². The Morgan fingerprint density at radius 2 is 1.67 bits per heavy atom. The molecular formula is C34H44N2O10. The Morgan fingerprint density at radius 3 is 2.39 bits per heavy atom. The highest BCUT2D eigenvalue weighted by Crippen LogP contribution is 2.39. The van der Waals surface area contributed by atoms with Gasteiger partial charge in [0.15, 0.2) is 17.3 Å². The quantitative estimate of drug-likeness (QED) is 0.228. The number of esters is 1. The minimum atomic E-state index is -0.666. The van der Waals surface area contributed by atoms with E-state index in [1.54, 1.807) is 12.1 Å². The van der Waals surface area contributed by atoms with Gasteiger partial charge in [-0.15, -0.1) is 0 Å². The molecule has 46 heavy (non-hydrogen) atoms. The maximum atomic E-state index is 13.9. The largest absolute Gasteiger partial charge is 0.465 e. The summed E-state index contributed by atoms with van der Waals surface area (Å²) in [5.41, 5.74) is 2.51. The van der Waals surface area contributed by atoms with Gasteiger partial charge in [0.05, 0.1) is 39.1 Å². The zero-order valence-electron chi connectivity index (χ0n) is 26.6. The molecule has 3 aliphatic rings. The second kappa shape index (κ2) is 16.8. The van der Waals surface area contributed by atoms with Crippen LogP contribution < -0.4 is 9.47 Å². The molecule has 0 unspecified atom stereocenters. The summed E-state index contributed by atoms with van der Waals surface area (Å²) in [5.74, 6) is 0.834. The molecule has 1 saturated heterocycles. The molecule has 2 aromatic carbocycles. The molecule has 1 amide bonds. The van der Waals surface area contributed by atoms with E-state index in [0.29, 0.717) is 51.5 Å². The third-order valence-electron chi connectivity index (χ3n) is 8.35. The van der Waals surface area contributed by atoms with E-state index >= 15 is 0 Å². The lowest BCUT2D eigenvalue weighted by Gasteiger charge is -2.39. The first-order chi connectivity index (χ1) is 22.5. The molecule has 3 heterocycles. The molecule has 5 rings (SSSR count). The van der Waals surface area contributed by atoms with Gasteiger partial charge in [0.1, 0.15) is 0 Å². The lowest BCUT2D eigenvalue weighted by atomic mass is 9.81. The van der Waals surface area contributed by atoms with E-state index in [-0.39, 0.29) is 43.5 Å². The molecule has 3 aliphatic heterocycles. The number of allylic oxidation sites excluding steroid dienone is 1. The number of hydrogen-bond acceptors (Lipinski definition) is 11. The van der Waals surface area contributed by atoms with Crippen molar-refractivity contribution in [3.8, 4) is 11.5 Å². The van der Waals surface area contributed by atoms with Crippen LogP contribution in [0.3, 0.4) is 0 Å². The van der Waals surface area contributed by atoms with Gasteiger partial charge in [0.25, 0.3) is 5.91 Å². The Labute approximate surface area is 269 Å². The van der Waals surface area contributed by atoms with E-state index in [1.165, 1.54) is 7.11 Å². The Bertz CT molecular complexity index is 1330. The number of piperazine rings is 1. The average molecular weight is 641 g/mol. The number of fused-ring (bicyclic) bond motifs is 1. The molecule has 3 atom stereocenters. The Kier molecular flexibility index (Phi) is 12.3. The van der Waals surface area contributed by atoms with Crippen molar-refractivity contribution in [2.75, 3.05) is 79.7 Å². The minimum absolute atomic E-state index is 0.0316. The number of amides is 1. The van der Waals surface area contributed by atoms with Crippen LogP contribution in [0.15, 0.2) is 54.3 Å². The molecule has 12 heteroatoms. The number of ether oxygens (including phenoxy) is 7. The van der Waals surface area contributed by atoms with Gasteiger partial charge in [-0.3, -0.25) is 9.69 Å². The lowest BCUT2D eigenvalue weighted by Crippen LogP contribution is -2.50. The third-order valence-corrected chi connectivity index (χ3v) is 8.35. The van der Waals surface area contributed by atoms with Crippen LogP contribution in [0.2, 0.25) is 0 Å². The number of methoxy groups -OCH3 is 1. The Morgan fingerprint density at radius 1 is 0.935 bits per heavy atom. The standard InChI is InChI=1S/C34H44N2O10/c1-3-43-34-27(10-16-41-18-19-42-17-15-37)28(25-5-7-26(8-6-25)33(39)40-2)21-31(46-34)32(38)36-13-11-35(12-14-36)22-24-4-9-29-30(20-24)45-23-44-29/h4-9,20-21,27-28,34,37H,3,10-19,22-23H2,1-2H3/t27-,28+,34+/m1/s1. The summed E-state index contributed by atoms with van der Waals surface area (Å²) in [6, 6.07) is 13.2. The monoisotopic (exact) mass is 640 g/mol. The number of nitrogens with zero attached hydrogens (tertiary/aromatic N) is 2. The molecule has 0 radical (unpaired) electrons. The van der Waals surface area contributed by atoms with Crippen LogP contribution in [0.4, 0.5) is 0 Å². The molecule has 1 fully saturated rings. The molecule has 0 aromatic heterocycles. The highest BCUT2D eigenvalue weighted by atomic mass is 16.7. The van der Waals surface area contributed by atoms with Crippen molar-refractivity contribution in [1.82, 2.24) is 9.80 Å². The summed E-state index contributed by atoms with van der Waals surface area (Å²) >= 11 is 0. The van der Waals surface area contributed by atoms with E-state index < -0.39 is 12.3 Å². The number of aliphatic hydroxyl groups is 1. The number of benzene rings is 2. The van der Waals surface area contributed by atoms with E-state index in [1.807, 2.05) is 48.2 Å². The predicted molar refractivity (Wildman–Crippen MR) is 166 cm³/mol. The molecule has 0 saturated carbocycles. The topological polar surface area (TPSA) is 125 Å². The van der Waals surface area contributed by atoms with Crippen LogP contribution in [-0.4, -0.2) is 113 Å². The Balaban J connectivity index is 1.27. The van der Waals surface area contributed by atoms with E-state index in [0.717, 1.165) is 42.3 Å². The molecule has 250 valence electrons. The fourth-order valence-corrected chi connectivity index (χ4v) is 5.94. The number of hydrogen-bond donors (Lipinski definition) is 1. The van der Waals surface area contributed by atoms with Gasteiger partial charge in [-0.1, -0.05) is 18.2 Å². The number of aliphatic hydroxyl groups excluding tert-OH is 1. The highest BCUT2D eigenvalue weighted by Gasteiger charge is 2.39. The van der Waals surface area contributed by atoms with Gasteiger partial charge in [-0.2, -0.15) is 0 Å². The van der Waals surface area contributed by atoms with Crippen LogP contribution in [0, 0.1) is 5.92 Å². The van der Waals surface area contributed by atoms with Crippen LogP contribution in [0.1, 0.15) is 40.7 Å². The highest BCUT2D eigenvalue weighted by molar-refractivity contribution is 5.92. The molecule has 12 nitrogen and oxygen atoms in total. The molecule has 0 bridgehead atoms. The maximum absolute atomic E-state index is 13.9. The molecule has 2 aromatic rings. The van der Waals surface area contributed by atoms with Crippen molar-refractivity contribution in [1.29, 1.82) is 0 Å². The molecular weight excluding hydrogens is 596 g/mol. The second-order valence-corrected chi connectivity index (χ2v) is 11.3. The van der Waals surface area contributed by atoms with Crippen molar-refractivity contribution in [2.24, 2.45) is 5.92 Å². The van der Waals surface area contributed by atoms with Gasteiger partial charge in [0.2, 0.25) is 13.1 Å².